The van der Waals surface area contributed by atoms with E-state index in [1.54, 1.807) is 0 Å². The maximum atomic E-state index is 11.9. The van der Waals surface area contributed by atoms with Gasteiger partial charge in [0.1, 0.15) is 0 Å². The van der Waals surface area contributed by atoms with Crippen molar-refractivity contribution in [2.45, 2.75) is 6.36 Å². The Morgan fingerprint density at radius 1 is 1.40 bits per heavy atom. The van der Waals surface area contributed by atoms with Crippen LogP contribution < -0.4 is 10.5 Å². The standard InChI is InChI=1S/C9H5BrF3NO/c1-2-5-3-6(10)4-7(8(5)14)15-9(11,12)13/h1,3-4H,14H2. The maximum absolute atomic E-state index is 11.9. The van der Waals surface area contributed by atoms with E-state index in [4.69, 9.17) is 12.2 Å². The predicted molar refractivity (Wildman–Crippen MR) is 53.2 cm³/mol. The van der Waals surface area contributed by atoms with E-state index in [0.717, 1.165) is 6.07 Å². The second kappa shape index (κ2) is 4.03. The number of benzene rings is 1. The third-order valence-corrected chi connectivity index (χ3v) is 1.95. The first kappa shape index (κ1) is 11.7. The van der Waals surface area contributed by atoms with Crippen LogP contribution in [0.3, 0.4) is 0 Å². The molecule has 0 bridgehead atoms. The number of rotatable bonds is 1. The highest BCUT2D eigenvalue weighted by Gasteiger charge is 2.32. The summed E-state index contributed by atoms with van der Waals surface area (Å²) < 4.78 is 39.9. The lowest BCUT2D eigenvalue weighted by atomic mass is 10.2. The van der Waals surface area contributed by atoms with E-state index >= 15 is 0 Å². The van der Waals surface area contributed by atoms with Gasteiger partial charge in [-0.2, -0.15) is 0 Å². The molecule has 0 aliphatic heterocycles. The van der Waals surface area contributed by atoms with E-state index in [1.807, 2.05) is 0 Å². The summed E-state index contributed by atoms with van der Waals surface area (Å²) in [5.41, 5.74) is 5.31. The first-order chi connectivity index (χ1) is 6.83. The Hall–Kier alpha value is -1.35. The number of halogens is 4. The molecule has 6 heteroatoms. The van der Waals surface area contributed by atoms with Gasteiger partial charge in [-0.25, -0.2) is 0 Å². The van der Waals surface area contributed by atoms with E-state index in [9.17, 15) is 13.2 Å². The molecule has 0 radical (unpaired) electrons. The summed E-state index contributed by atoms with van der Waals surface area (Å²) in [6, 6.07) is 2.53. The highest BCUT2D eigenvalue weighted by atomic mass is 79.9. The fraction of sp³-hybridized carbons (Fsp3) is 0.111. The van der Waals surface area contributed by atoms with Gasteiger partial charge in [0.15, 0.2) is 5.75 Å². The lowest BCUT2D eigenvalue weighted by Gasteiger charge is -2.12. The number of terminal acetylenes is 1. The summed E-state index contributed by atoms with van der Waals surface area (Å²) in [6.45, 7) is 0. The Balaban J connectivity index is 3.20. The number of nitrogens with two attached hydrogens (primary N) is 1. The zero-order valence-corrected chi connectivity index (χ0v) is 8.82. The van der Waals surface area contributed by atoms with Crippen LogP contribution in [0.2, 0.25) is 0 Å². The van der Waals surface area contributed by atoms with Gasteiger partial charge in [0.2, 0.25) is 0 Å². The summed E-state index contributed by atoms with van der Waals surface area (Å²) in [5.74, 6) is 1.65. The van der Waals surface area contributed by atoms with Crippen LogP contribution in [0.4, 0.5) is 18.9 Å². The minimum atomic E-state index is -4.79. The lowest BCUT2D eigenvalue weighted by Crippen LogP contribution is -2.18. The predicted octanol–water partition coefficient (Wildman–Crippen LogP) is 2.91. The Kier molecular flexibility index (Phi) is 3.15. The molecule has 1 aromatic carbocycles. The second-order valence-corrected chi connectivity index (χ2v) is 3.47. The van der Waals surface area contributed by atoms with Crippen molar-refractivity contribution in [3.63, 3.8) is 0 Å². The van der Waals surface area contributed by atoms with Crippen molar-refractivity contribution >= 4 is 21.6 Å². The fourth-order valence-corrected chi connectivity index (χ4v) is 1.36. The molecule has 0 aliphatic carbocycles. The molecule has 0 aromatic heterocycles. The van der Waals surface area contributed by atoms with E-state index < -0.39 is 12.1 Å². The lowest BCUT2D eigenvalue weighted by molar-refractivity contribution is -0.274. The third-order valence-electron chi connectivity index (χ3n) is 1.49. The van der Waals surface area contributed by atoms with Gasteiger partial charge in [0.25, 0.3) is 0 Å². The highest BCUT2D eigenvalue weighted by Crippen LogP contribution is 2.33. The number of alkyl halides is 3. The van der Waals surface area contributed by atoms with Crippen LogP contribution in [0.5, 0.6) is 5.75 Å². The van der Waals surface area contributed by atoms with Crippen LogP contribution >= 0.6 is 15.9 Å². The molecular formula is C9H5BrF3NO. The van der Waals surface area contributed by atoms with Gasteiger partial charge >= 0.3 is 6.36 Å². The molecule has 1 aromatic rings. The molecule has 0 spiro atoms. The van der Waals surface area contributed by atoms with Crippen LogP contribution in [-0.4, -0.2) is 6.36 Å². The van der Waals surface area contributed by atoms with Crippen LogP contribution in [0.1, 0.15) is 5.56 Å². The van der Waals surface area contributed by atoms with Gasteiger partial charge in [-0.3, -0.25) is 0 Å². The number of ether oxygens (including phenoxy) is 1. The minimum absolute atomic E-state index is 0.142. The number of anilines is 1. The number of hydrogen-bond donors (Lipinski definition) is 1. The third kappa shape index (κ3) is 3.06. The largest absolute Gasteiger partial charge is 0.573 e. The zero-order chi connectivity index (χ0) is 11.6. The van der Waals surface area contributed by atoms with Crippen LogP contribution in [0.25, 0.3) is 0 Å². The molecule has 0 unspecified atom stereocenters. The van der Waals surface area contributed by atoms with Crippen molar-refractivity contribution in [3.05, 3.63) is 22.2 Å². The van der Waals surface area contributed by atoms with E-state index in [1.165, 1.54) is 6.07 Å². The molecule has 0 saturated heterocycles. The second-order valence-electron chi connectivity index (χ2n) is 2.56. The summed E-state index contributed by atoms with van der Waals surface area (Å²) in [6.07, 6.45) is 0.274. The molecule has 2 nitrogen and oxygen atoms in total. The van der Waals surface area contributed by atoms with Gasteiger partial charge in [-0.1, -0.05) is 21.9 Å². The number of nitrogen functional groups attached to an aromatic ring is 1. The average molecular weight is 280 g/mol. The van der Waals surface area contributed by atoms with E-state index in [-0.39, 0.29) is 11.3 Å². The van der Waals surface area contributed by atoms with Crippen molar-refractivity contribution in [1.82, 2.24) is 0 Å². The molecular weight excluding hydrogens is 275 g/mol. The molecule has 0 aliphatic rings. The van der Waals surface area contributed by atoms with Crippen molar-refractivity contribution in [2.75, 3.05) is 5.73 Å². The van der Waals surface area contributed by atoms with Crippen molar-refractivity contribution < 1.29 is 17.9 Å². The monoisotopic (exact) mass is 279 g/mol. The SMILES string of the molecule is C#Cc1cc(Br)cc(OC(F)(F)F)c1N. The topological polar surface area (TPSA) is 35.2 Å². The molecule has 0 fully saturated rings. The fourth-order valence-electron chi connectivity index (χ4n) is 0.922. The summed E-state index contributed by atoms with van der Waals surface area (Å²) >= 11 is 3.00. The highest BCUT2D eigenvalue weighted by molar-refractivity contribution is 9.10. The summed E-state index contributed by atoms with van der Waals surface area (Å²) in [4.78, 5) is 0. The molecule has 0 amide bonds. The van der Waals surface area contributed by atoms with E-state index in [0.29, 0.717) is 4.47 Å². The van der Waals surface area contributed by atoms with Crippen molar-refractivity contribution in [3.8, 4) is 18.1 Å². The van der Waals surface area contributed by atoms with Gasteiger partial charge in [0, 0.05) is 4.47 Å². The van der Waals surface area contributed by atoms with Gasteiger partial charge in [-0.05, 0) is 12.1 Å². The van der Waals surface area contributed by atoms with Crippen LogP contribution in [0, 0.1) is 12.3 Å². The zero-order valence-electron chi connectivity index (χ0n) is 7.23. The normalized spacial score (nSPS) is 10.9. The summed E-state index contributed by atoms with van der Waals surface area (Å²) in [5, 5.41) is 0. The quantitative estimate of drug-likeness (QED) is 0.634. The van der Waals surface area contributed by atoms with Crippen LogP contribution in [-0.2, 0) is 0 Å². The average Bonchev–Trinajstić information content (AvgIpc) is 2.08. The smallest absolute Gasteiger partial charge is 0.403 e. The Bertz CT molecular complexity index is 423. The van der Waals surface area contributed by atoms with Crippen LogP contribution in [0.15, 0.2) is 16.6 Å². The van der Waals surface area contributed by atoms with Gasteiger partial charge < -0.3 is 10.5 Å². The summed E-state index contributed by atoms with van der Waals surface area (Å²) in [7, 11) is 0. The Morgan fingerprint density at radius 2 is 2.00 bits per heavy atom. The van der Waals surface area contributed by atoms with Crippen molar-refractivity contribution in [2.24, 2.45) is 0 Å². The van der Waals surface area contributed by atoms with Gasteiger partial charge in [0.05, 0.1) is 11.3 Å². The first-order valence-electron chi connectivity index (χ1n) is 3.65. The molecule has 80 valence electrons. The van der Waals surface area contributed by atoms with Gasteiger partial charge in [-0.15, -0.1) is 19.6 Å². The molecule has 15 heavy (non-hydrogen) atoms. The minimum Gasteiger partial charge on any atom is -0.403 e. The molecule has 0 heterocycles. The molecule has 0 saturated carbocycles. The van der Waals surface area contributed by atoms with E-state index in [2.05, 4.69) is 26.6 Å². The molecule has 0 atom stereocenters. The Morgan fingerprint density at radius 3 is 2.47 bits per heavy atom. The Labute approximate surface area is 92.3 Å². The van der Waals surface area contributed by atoms with Crippen molar-refractivity contribution in [1.29, 1.82) is 0 Å². The maximum Gasteiger partial charge on any atom is 0.573 e. The molecule has 1 rings (SSSR count). The number of hydrogen-bond acceptors (Lipinski definition) is 2. The molecule has 2 N–H and O–H groups in total. The first-order valence-corrected chi connectivity index (χ1v) is 4.44.